The summed E-state index contributed by atoms with van der Waals surface area (Å²) in [6.07, 6.45) is 6.39. The van der Waals surface area contributed by atoms with Crippen LogP contribution in [0.5, 0.6) is 11.5 Å². The van der Waals surface area contributed by atoms with E-state index in [1.807, 2.05) is 37.3 Å². The number of hydrogen-bond donors (Lipinski definition) is 2. The van der Waals surface area contributed by atoms with E-state index in [2.05, 4.69) is 21.6 Å². The molecule has 0 spiro atoms. The average molecular weight is 447 g/mol. The summed E-state index contributed by atoms with van der Waals surface area (Å²) in [5.74, 6) is 1.63. The lowest BCUT2D eigenvalue weighted by atomic mass is 9.95. The molecule has 0 atom stereocenters. The second-order valence-corrected chi connectivity index (χ2v) is 8.86. The highest BCUT2D eigenvalue weighted by molar-refractivity contribution is 5.92. The molecule has 7 nitrogen and oxygen atoms in total. The van der Waals surface area contributed by atoms with Crippen molar-refractivity contribution in [2.45, 2.75) is 51.6 Å². The smallest absolute Gasteiger partial charge is 0.348 e. The van der Waals surface area contributed by atoms with Crippen molar-refractivity contribution in [2.75, 3.05) is 14.2 Å². The number of rotatable bonds is 6. The molecule has 1 fully saturated rings. The van der Waals surface area contributed by atoms with E-state index in [1.54, 1.807) is 18.6 Å². The molecule has 2 N–H and O–H groups in total. The molecule has 0 radical (unpaired) electrons. The minimum atomic E-state index is -0.252. The second kappa shape index (κ2) is 8.90. The van der Waals surface area contributed by atoms with Crippen molar-refractivity contribution in [3.63, 3.8) is 0 Å². The zero-order chi connectivity index (χ0) is 22.9. The molecule has 5 rings (SSSR count). The molecule has 2 aromatic carbocycles. The maximum atomic E-state index is 12.5. The highest BCUT2D eigenvalue weighted by Gasteiger charge is 2.17. The number of methoxy groups -OCH3 is 2. The third-order valence-electron chi connectivity index (χ3n) is 6.81. The number of hydrogen-bond acceptors (Lipinski definition) is 5. The van der Waals surface area contributed by atoms with Gasteiger partial charge in [0.15, 0.2) is 5.65 Å². The van der Waals surface area contributed by atoms with E-state index >= 15 is 0 Å². The van der Waals surface area contributed by atoms with E-state index < -0.39 is 0 Å². The van der Waals surface area contributed by atoms with E-state index in [-0.39, 0.29) is 5.69 Å². The van der Waals surface area contributed by atoms with Gasteiger partial charge in [-0.3, -0.25) is 0 Å². The molecule has 0 aliphatic heterocycles. The molecule has 1 saturated carbocycles. The number of aromatic amines is 1. The van der Waals surface area contributed by atoms with Gasteiger partial charge in [0.25, 0.3) is 0 Å². The Kier molecular flexibility index (Phi) is 5.81. The predicted molar refractivity (Wildman–Crippen MR) is 130 cm³/mol. The molecule has 4 aromatic rings. The summed E-state index contributed by atoms with van der Waals surface area (Å²) in [6.45, 7) is 2.77. The van der Waals surface area contributed by atoms with E-state index in [0.29, 0.717) is 11.7 Å². The van der Waals surface area contributed by atoms with Gasteiger partial charge in [0, 0.05) is 29.1 Å². The Morgan fingerprint density at radius 1 is 1.06 bits per heavy atom. The van der Waals surface area contributed by atoms with E-state index in [9.17, 15) is 4.79 Å². The van der Waals surface area contributed by atoms with Gasteiger partial charge in [-0.25, -0.2) is 14.3 Å². The van der Waals surface area contributed by atoms with Gasteiger partial charge >= 0.3 is 5.69 Å². The largest absolute Gasteiger partial charge is 0.496 e. The first kappa shape index (κ1) is 21.5. The molecular formula is C26H30N4O3. The van der Waals surface area contributed by atoms with Crippen LogP contribution < -0.4 is 20.5 Å². The van der Waals surface area contributed by atoms with Crippen LogP contribution in [0.1, 0.15) is 43.2 Å². The summed E-state index contributed by atoms with van der Waals surface area (Å²) in [4.78, 5) is 12.5. The molecular weight excluding hydrogens is 416 g/mol. The first-order chi connectivity index (χ1) is 16.1. The molecule has 0 bridgehead atoms. The fourth-order valence-electron chi connectivity index (χ4n) is 5.02. The van der Waals surface area contributed by atoms with Crippen molar-refractivity contribution in [1.29, 1.82) is 0 Å². The zero-order valence-corrected chi connectivity index (χ0v) is 19.4. The molecule has 2 heterocycles. The van der Waals surface area contributed by atoms with Gasteiger partial charge in [-0.2, -0.15) is 5.10 Å². The first-order valence-corrected chi connectivity index (χ1v) is 11.6. The average Bonchev–Trinajstić information content (AvgIpc) is 3.22. The summed E-state index contributed by atoms with van der Waals surface area (Å²) < 4.78 is 13.0. The molecule has 2 aromatic heterocycles. The SMILES string of the molecule is COc1ccc(-c2cc3c(cc2OC)c(C)cc2n[nH]c(=O)n23)cc1CNC1CCCCC1. The standard InChI is InChI=1S/C26H30N4O3/c1-16-11-25-28-29-26(31)30(25)22-13-21(24(33-3)14-20(16)22)17-9-10-23(32-2)18(12-17)15-27-19-7-5-4-6-8-19/h9-14,19,27H,4-8,15H2,1-3H3,(H,29,31). The lowest BCUT2D eigenvalue weighted by Gasteiger charge is -2.23. The molecule has 0 saturated heterocycles. The highest BCUT2D eigenvalue weighted by Crippen LogP contribution is 2.37. The van der Waals surface area contributed by atoms with Crippen LogP contribution in [-0.4, -0.2) is 34.9 Å². The predicted octanol–water partition coefficient (Wildman–Crippen LogP) is 4.59. The maximum Gasteiger partial charge on any atom is 0.348 e. The fraction of sp³-hybridized carbons (Fsp3) is 0.385. The molecule has 172 valence electrons. The lowest BCUT2D eigenvalue weighted by Crippen LogP contribution is -2.30. The summed E-state index contributed by atoms with van der Waals surface area (Å²) in [5.41, 5.74) is 5.24. The van der Waals surface area contributed by atoms with Crippen molar-refractivity contribution in [3.05, 3.63) is 58.0 Å². The second-order valence-electron chi connectivity index (χ2n) is 8.86. The quantitative estimate of drug-likeness (QED) is 0.453. The highest BCUT2D eigenvalue weighted by atomic mass is 16.5. The molecule has 33 heavy (non-hydrogen) atoms. The van der Waals surface area contributed by atoms with Crippen LogP contribution >= 0.6 is 0 Å². The van der Waals surface area contributed by atoms with Crippen LogP contribution in [0.2, 0.25) is 0 Å². The van der Waals surface area contributed by atoms with E-state index in [4.69, 9.17) is 9.47 Å². The lowest BCUT2D eigenvalue weighted by molar-refractivity contribution is 0.365. The normalized spacial score (nSPS) is 14.8. The maximum absolute atomic E-state index is 12.5. The van der Waals surface area contributed by atoms with Crippen LogP contribution in [0.3, 0.4) is 0 Å². The number of ether oxygens (including phenoxy) is 2. The van der Waals surface area contributed by atoms with Crippen molar-refractivity contribution in [1.82, 2.24) is 19.9 Å². The number of fused-ring (bicyclic) bond motifs is 3. The van der Waals surface area contributed by atoms with Gasteiger partial charge in [-0.05, 0) is 61.2 Å². The van der Waals surface area contributed by atoms with Crippen molar-refractivity contribution < 1.29 is 9.47 Å². The summed E-state index contributed by atoms with van der Waals surface area (Å²) in [7, 11) is 3.39. The van der Waals surface area contributed by atoms with Crippen molar-refractivity contribution in [3.8, 4) is 22.6 Å². The number of benzene rings is 2. The molecule has 0 amide bonds. The number of pyridine rings is 1. The van der Waals surface area contributed by atoms with Gasteiger partial charge < -0.3 is 14.8 Å². The van der Waals surface area contributed by atoms with Crippen molar-refractivity contribution >= 4 is 16.6 Å². The Bertz CT molecular complexity index is 1370. The Hall–Kier alpha value is -3.32. The number of H-pyrrole nitrogens is 1. The third kappa shape index (κ3) is 3.97. The topological polar surface area (TPSA) is 80.7 Å². The van der Waals surface area contributed by atoms with Gasteiger partial charge in [0.1, 0.15) is 11.5 Å². The number of nitrogens with zero attached hydrogens (tertiary/aromatic N) is 2. The Labute approximate surface area is 192 Å². The van der Waals surface area contributed by atoms with Crippen LogP contribution in [-0.2, 0) is 6.54 Å². The summed E-state index contributed by atoms with van der Waals surface area (Å²) >= 11 is 0. The van der Waals surface area contributed by atoms with Crippen LogP contribution in [0.25, 0.3) is 27.7 Å². The first-order valence-electron chi connectivity index (χ1n) is 11.6. The van der Waals surface area contributed by atoms with E-state index in [1.165, 1.54) is 32.1 Å². The summed E-state index contributed by atoms with van der Waals surface area (Å²) in [5, 5.41) is 11.4. The molecule has 7 heteroatoms. The monoisotopic (exact) mass is 446 g/mol. The molecule has 0 unspecified atom stereocenters. The number of aryl methyl sites for hydroxylation is 1. The van der Waals surface area contributed by atoms with Crippen molar-refractivity contribution in [2.24, 2.45) is 0 Å². The third-order valence-corrected chi connectivity index (χ3v) is 6.81. The van der Waals surface area contributed by atoms with Crippen LogP contribution in [0, 0.1) is 6.92 Å². The Morgan fingerprint density at radius 3 is 2.61 bits per heavy atom. The van der Waals surface area contributed by atoms with E-state index in [0.717, 1.165) is 51.2 Å². The molecule has 1 aliphatic carbocycles. The van der Waals surface area contributed by atoms with Gasteiger partial charge in [-0.1, -0.05) is 25.3 Å². The zero-order valence-electron chi connectivity index (χ0n) is 19.4. The van der Waals surface area contributed by atoms with Crippen LogP contribution in [0.4, 0.5) is 0 Å². The Balaban J connectivity index is 1.61. The number of nitrogens with one attached hydrogen (secondary N) is 2. The van der Waals surface area contributed by atoms with Crippen LogP contribution in [0.15, 0.2) is 41.2 Å². The minimum Gasteiger partial charge on any atom is -0.496 e. The van der Waals surface area contributed by atoms with Gasteiger partial charge in [0.2, 0.25) is 0 Å². The number of aromatic nitrogens is 3. The summed E-state index contributed by atoms with van der Waals surface area (Å²) in [6, 6.07) is 12.7. The fourth-order valence-corrected chi connectivity index (χ4v) is 5.02. The van der Waals surface area contributed by atoms with Gasteiger partial charge in [0.05, 0.1) is 19.7 Å². The minimum absolute atomic E-state index is 0.252. The Morgan fingerprint density at radius 2 is 1.85 bits per heavy atom. The molecule has 1 aliphatic rings. The van der Waals surface area contributed by atoms with Gasteiger partial charge in [-0.15, -0.1) is 0 Å².